The van der Waals surface area contributed by atoms with Crippen molar-refractivity contribution in [1.82, 2.24) is 10.3 Å². The van der Waals surface area contributed by atoms with E-state index in [9.17, 15) is 14.9 Å². The predicted octanol–water partition coefficient (Wildman–Crippen LogP) is 1.68. The Hall–Kier alpha value is -2.96. The van der Waals surface area contributed by atoms with Gasteiger partial charge in [0, 0.05) is 25.0 Å². The van der Waals surface area contributed by atoms with Crippen LogP contribution in [0.3, 0.4) is 0 Å². The molecule has 2 rings (SSSR count). The Morgan fingerprint density at radius 2 is 1.95 bits per heavy atom. The van der Waals surface area contributed by atoms with Crippen molar-refractivity contribution in [2.75, 3.05) is 6.61 Å². The Balaban J connectivity index is 1.86. The fraction of sp³-hybridized carbons (Fsp3) is 0.143. The highest BCUT2D eigenvalue weighted by atomic mass is 16.6. The highest BCUT2D eigenvalue weighted by molar-refractivity contribution is 5.77. The van der Waals surface area contributed by atoms with E-state index < -0.39 is 4.92 Å². The van der Waals surface area contributed by atoms with Crippen LogP contribution in [-0.2, 0) is 11.3 Å². The molecule has 1 N–H and O–H groups in total. The first kappa shape index (κ1) is 14.4. The van der Waals surface area contributed by atoms with E-state index in [1.165, 1.54) is 18.2 Å². The van der Waals surface area contributed by atoms with E-state index in [0.29, 0.717) is 6.54 Å². The maximum atomic E-state index is 11.6. The van der Waals surface area contributed by atoms with E-state index in [1.807, 2.05) is 0 Å². The average Bonchev–Trinajstić information content (AvgIpc) is 2.52. The summed E-state index contributed by atoms with van der Waals surface area (Å²) in [5.74, 6) is -0.286. The number of amides is 1. The van der Waals surface area contributed by atoms with E-state index in [2.05, 4.69) is 10.3 Å². The molecule has 0 aliphatic rings. The zero-order valence-electron chi connectivity index (χ0n) is 11.1. The molecule has 7 nitrogen and oxygen atoms in total. The summed E-state index contributed by atoms with van der Waals surface area (Å²) in [6.07, 6.45) is 3.26. The molecule has 108 valence electrons. The lowest BCUT2D eigenvalue weighted by Gasteiger charge is -2.07. The summed E-state index contributed by atoms with van der Waals surface area (Å²) in [6.45, 7) is 0.0670. The molecule has 1 amide bonds. The summed E-state index contributed by atoms with van der Waals surface area (Å²) in [5, 5.41) is 13.5. The molecule has 1 aromatic heterocycles. The van der Waals surface area contributed by atoms with Gasteiger partial charge in [0.05, 0.1) is 4.92 Å². The van der Waals surface area contributed by atoms with Gasteiger partial charge in [0.15, 0.2) is 12.4 Å². The number of para-hydroxylation sites is 2. The van der Waals surface area contributed by atoms with Gasteiger partial charge in [0.2, 0.25) is 0 Å². The molecule has 0 radical (unpaired) electrons. The molecule has 0 aliphatic carbocycles. The molecular formula is C14H13N3O4. The number of ether oxygens (including phenoxy) is 1. The number of pyridine rings is 1. The second-order valence-electron chi connectivity index (χ2n) is 4.15. The standard InChI is InChI=1S/C14H13N3O4/c18-14(16-9-11-5-7-15-8-6-11)10-21-13-4-2-1-3-12(13)17(19)20/h1-8H,9-10H2,(H,16,18). The third-order valence-electron chi connectivity index (χ3n) is 2.66. The number of benzene rings is 1. The lowest BCUT2D eigenvalue weighted by molar-refractivity contribution is -0.385. The first-order chi connectivity index (χ1) is 10.2. The number of rotatable bonds is 6. The smallest absolute Gasteiger partial charge is 0.310 e. The van der Waals surface area contributed by atoms with Gasteiger partial charge in [-0.25, -0.2) is 0 Å². The topological polar surface area (TPSA) is 94.4 Å². The lowest BCUT2D eigenvalue weighted by atomic mass is 10.3. The quantitative estimate of drug-likeness (QED) is 0.644. The maximum Gasteiger partial charge on any atom is 0.310 e. The van der Waals surface area contributed by atoms with Crippen molar-refractivity contribution in [2.45, 2.75) is 6.54 Å². The van der Waals surface area contributed by atoms with Crippen LogP contribution in [0.1, 0.15) is 5.56 Å². The number of aromatic nitrogens is 1. The number of carbonyl (C=O) groups is 1. The van der Waals surface area contributed by atoms with E-state index in [1.54, 1.807) is 30.6 Å². The molecule has 0 aliphatic heterocycles. The van der Waals surface area contributed by atoms with Gasteiger partial charge in [-0.3, -0.25) is 19.9 Å². The average molecular weight is 287 g/mol. The number of hydrogen-bond donors (Lipinski definition) is 1. The zero-order chi connectivity index (χ0) is 15.1. The van der Waals surface area contributed by atoms with Crippen molar-refractivity contribution < 1.29 is 14.5 Å². The molecule has 7 heteroatoms. The van der Waals surface area contributed by atoms with Crippen molar-refractivity contribution in [2.24, 2.45) is 0 Å². The third-order valence-corrected chi connectivity index (χ3v) is 2.66. The second kappa shape index (κ2) is 6.99. The summed E-state index contributed by atoms with van der Waals surface area (Å²) >= 11 is 0. The SMILES string of the molecule is O=C(COc1ccccc1[N+](=O)[O-])NCc1ccncc1. The van der Waals surface area contributed by atoms with Crippen molar-refractivity contribution in [3.05, 3.63) is 64.5 Å². The summed E-state index contributed by atoms with van der Waals surface area (Å²) in [5.41, 5.74) is 0.739. The maximum absolute atomic E-state index is 11.6. The summed E-state index contributed by atoms with van der Waals surface area (Å²) in [6, 6.07) is 9.48. The Kier molecular flexibility index (Phi) is 4.81. The summed E-state index contributed by atoms with van der Waals surface area (Å²) in [4.78, 5) is 25.8. The van der Waals surface area contributed by atoms with E-state index in [0.717, 1.165) is 5.56 Å². The molecule has 0 spiro atoms. The highest BCUT2D eigenvalue weighted by Crippen LogP contribution is 2.25. The van der Waals surface area contributed by atoms with E-state index in [-0.39, 0.29) is 24.0 Å². The van der Waals surface area contributed by atoms with Crippen LogP contribution < -0.4 is 10.1 Å². The molecule has 0 unspecified atom stereocenters. The van der Waals surface area contributed by atoms with Crippen LogP contribution >= 0.6 is 0 Å². The molecule has 0 saturated carbocycles. The molecule has 0 bridgehead atoms. The van der Waals surface area contributed by atoms with Crippen LogP contribution in [0.4, 0.5) is 5.69 Å². The normalized spacial score (nSPS) is 9.90. The largest absolute Gasteiger partial charge is 0.477 e. The van der Waals surface area contributed by atoms with Crippen molar-refractivity contribution >= 4 is 11.6 Å². The van der Waals surface area contributed by atoms with Gasteiger partial charge in [-0.2, -0.15) is 0 Å². The molecule has 0 saturated heterocycles. The van der Waals surface area contributed by atoms with Crippen LogP contribution in [-0.4, -0.2) is 22.4 Å². The number of hydrogen-bond acceptors (Lipinski definition) is 5. The summed E-state index contributed by atoms with van der Waals surface area (Å²) in [7, 11) is 0. The Bertz CT molecular complexity index is 631. The Morgan fingerprint density at radius 1 is 1.24 bits per heavy atom. The minimum Gasteiger partial charge on any atom is -0.477 e. The third kappa shape index (κ3) is 4.27. The van der Waals surface area contributed by atoms with Gasteiger partial charge in [0.1, 0.15) is 0 Å². The summed E-state index contributed by atoms with van der Waals surface area (Å²) < 4.78 is 5.18. The predicted molar refractivity (Wildman–Crippen MR) is 74.7 cm³/mol. The minimum absolute atomic E-state index is 0.0709. The van der Waals surface area contributed by atoms with Crippen LogP contribution in [0.15, 0.2) is 48.8 Å². The zero-order valence-corrected chi connectivity index (χ0v) is 11.1. The van der Waals surface area contributed by atoms with Gasteiger partial charge in [-0.05, 0) is 23.8 Å². The first-order valence-electron chi connectivity index (χ1n) is 6.18. The number of carbonyl (C=O) groups excluding carboxylic acids is 1. The van der Waals surface area contributed by atoms with Crippen molar-refractivity contribution in [1.29, 1.82) is 0 Å². The first-order valence-corrected chi connectivity index (χ1v) is 6.18. The highest BCUT2D eigenvalue weighted by Gasteiger charge is 2.14. The lowest BCUT2D eigenvalue weighted by Crippen LogP contribution is -2.28. The molecule has 1 aromatic carbocycles. The van der Waals surface area contributed by atoms with Crippen molar-refractivity contribution in [3.63, 3.8) is 0 Å². The fourth-order valence-corrected chi connectivity index (χ4v) is 1.63. The number of nitro groups is 1. The number of nitro benzene ring substituents is 1. The van der Waals surface area contributed by atoms with Gasteiger partial charge >= 0.3 is 5.69 Å². The van der Waals surface area contributed by atoms with E-state index >= 15 is 0 Å². The fourth-order valence-electron chi connectivity index (χ4n) is 1.63. The molecule has 21 heavy (non-hydrogen) atoms. The molecule has 1 heterocycles. The van der Waals surface area contributed by atoms with Gasteiger partial charge < -0.3 is 10.1 Å². The Morgan fingerprint density at radius 3 is 2.67 bits per heavy atom. The Labute approximate surface area is 120 Å². The van der Waals surface area contributed by atoms with Crippen LogP contribution in [0.2, 0.25) is 0 Å². The van der Waals surface area contributed by atoms with E-state index in [4.69, 9.17) is 4.74 Å². The number of nitrogens with one attached hydrogen (secondary N) is 1. The molecule has 0 atom stereocenters. The van der Waals surface area contributed by atoms with Crippen molar-refractivity contribution in [3.8, 4) is 5.75 Å². The van der Waals surface area contributed by atoms with Crippen LogP contribution in [0.5, 0.6) is 5.75 Å². The van der Waals surface area contributed by atoms with Gasteiger partial charge in [-0.1, -0.05) is 12.1 Å². The van der Waals surface area contributed by atoms with Gasteiger partial charge in [0.25, 0.3) is 5.91 Å². The minimum atomic E-state index is -0.551. The van der Waals surface area contributed by atoms with Crippen LogP contribution in [0, 0.1) is 10.1 Å². The molecule has 2 aromatic rings. The van der Waals surface area contributed by atoms with Gasteiger partial charge in [-0.15, -0.1) is 0 Å². The number of nitrogens with zero attached hydrogens (tertiary/aromatic N) is 2. The monoisotopic (exact) mass is 287 g/mol. The molecule has 0 fully saturated rings. The second-order valence-corrected chi connectivity index (χ2v) is 4.15. The molecular weight excluding hydrogens is 274 g/mol. The van der Waals surface area contributed by atoms with Crippen LogP contribution in [0.25, 0.3) is 0 Å².